The maximum Gasteiger partial charge on any atom is 0.240 e. The molecule has 0 spiro atoms. The minimum atomic E-state index is -0.294. The van der Waals surface area contributed by atoms with Crippen LogP contribution < -0.4 is 5.32 Å². The Morgan fingerprint density at radius 2 is 1.81 bits per heavy atom. The lowest BCUT2D eigenvalue weighted by atomic mass is 9.81. The molecule has 2 aliphatic rings. The first-order chi connectivity index (χ1) is 13.1. The largest absolute Gasteiger partial charge is 0.353 e. The number of imide groups is 1. The molecule has 0 bridgehead atoms. The van der Waals surface area contributed by atoms with E-state index in [1.165, 1.54) is 0 Å². The number of likely N-dealkylation sites (tertiary alicyclic amines) is 1. The van der Waals surface area contributed by atoms with Gasteiger partial charge in [-0.3, -0.25) is 19.3 Å². The number of nitrogens with zero attached hydrogens (tertiary/aromatic N) is 3. The number of benzene rings is 1. The Morgan fingerprint density at radius 1 is 1.15 bits per heavy atom. The number of aryl methyl sites for hydroxylation is 1. The van der Waals surface area contributed by atoms with Gasteiger partial charge in [0.25, 0.3) is 0 Å². The lowest BCUT2D eigenvalue weighted by Crippen LogP contribution is -2.41. The highest BCUT2D eigenvalue weighted by Crippen LogP contribution is 2.37. The summed E-state index contributed by atoms with van der Waals surface area (Å²) in [6.45, 7) is 2.77. The van der Waals surface area contributed by atoms with Crippen molar-refractivity contribution < 1.29 is 14.4 Å². The van der Waals surface area contributed by atoms with Crippen LogP contribution in [0.15, 0.2) is 24.3 Å². The molecule has 0 radical (unpaired) electrons. The van der Waals surface area contributed by atoms with Crippen LogP contribution in [0.5, 0.6) is 0 Å². The molecule has 1 N–H and O–H groups in total. The van der Waals surface area contributed by atoms with Gasteiger partial charge in [0.2, 0.25) is 17.7 Å². The van der Waals surface area contributed by atoms with Crippen molar-refractivity contribution in [2.75, 3.05) is 13.1 Å². The van der Waals surface area contributed by atoms with Crippen LogP contribution in [0.2, 0.25) is 0 Å². The van der Waals surface area contributed by atoms with Crippen molar-refractivity contribution in [3.8, 4) is 0 Å². The van der Waals surface area contributed by atoms with E-state index in [1.54, 1.807) is 0 Å². The van der Waals surface area contributed by atoms with Crippen LogP contribution in [-0.2, 0) is 20.9 Å². The quantitative estimate of drug-likeness (QED) is 0.813. The summed E-state index contributed by atoms with van der Waals surface area (Å²) in [6.07, 6.45) is 3.50. The van der Waals surface area contributed by atoms with Crippen LogP contribution in [-0.4, -0.2) is 45.3 Å². The second kappa shape index (κ2) is 7.13. The lowest BCUT2D eigenvalue weighted by Gasteiger charge is -2.19. The highest BCUT2D eigenvalue weighted by Gasteiger charge is 2.48. The zero-order valence-electron chi connectivity index (χ0n) is 15.5. The van der Waals surface area contributed by atoms with Gasteiger partial charge in [0, 0.05) is 13.1 Å². The topological polar surface area (TPSA) is 84.3 Å². The second-order valence-electron chi connectivity index (χ2n) is 7.41. The highest BCUT2D eigenvalue weighted by molar-refractivity contribution is 6.07. The first kappa shape index (κ1) is 17.7. The Balaban J connectivity index is 1.34. The van der Waals surface area contributed by atoms with Gasteiger partial charge in [0.1, 0.15) is 12.4 Å². The van der Waals surface area contributed by atoms with E-state index in [2.05, 4.69) is 14.9 Å². The summed E-state index contributed by atoms with van der Waals surface area (Å²) < 4.78 is 2.05. The number of fused-ring (bicyclic) bond motifs is 2. The zero-order valence-corrected chi connectivity index (χ0v) is 15.5. The first-order valence-electron chi connectivity index (χ1n) is 9.60. The van der Waals surface area contributed by atoms with E-state index < -0.39 is 0 Å². The smallest absolute Gasteiger partial charge is 0.240 e. The van der Waals surface area contributed by atoms with E-state index in [4.69, 9.17) is 0 Å². The summed E-state index contributed by atoms with van der Waals surface area (Å²) in [4.78, 5) is 42.9. The number of hydrogen-bond acceptors (Lipinski definition) is 4. The predicted octanol–water partition coefficient (Wildman–Crippen LogP) is 1.64. The highest BCUT2D eigenvalue weighted by atomic mass is 16.2. The molecule has 2 unspecified atom stereocenters. The molecule has 142 valence electrons. The standard InChI is InChI=1S/C20H24N4O3/c1-13-22-16-8-4-5-9-17(16)23(13)11-10-21-18(25)12-24-19(26)14-6-2-3-7-15(14)20(24)27/h4-5,8-9,14-15H,2-3,6-7,10-12H2,1H3,(H,21,25). The minimum absolute atomic E-state index is 0.170. The van der Waals surface area contributed by atoms with Crippen LogP contribution >= 0.6 is 0 Å². The summed E-state index contributed by atoms with van der Waals surface area (Å²) >= 11 is 0. The molecule has 2 aromatic rings. The fraction of sp³-hybridized carbons (Fsp3) is 0.500. The SMILES string of the molecule is Cc1nc2ccccc2n1CCNC(=O)CN1C(=O)C2CCCCC2C1=O. The normalized spacial score (nSPS) is 22.3. The van der Waals surface area contributed by atoms with Gasteiger partial charge in [-0.25, -0.2) is 4.98 Å². The molecular weight excluding hydrogens is 344 g/mol. The third-order valence-corrected chi connectivity index (χ3v) is 5.74. The van der Waals surface area contributed by atoms with Crippen LogP contribution in [0, 0.1) is 18.8 Å². The van der Waals surface area contributed by atoms with Gasteiger partial charge in [-0.05, 0) is 31.9 Å². The van der Waals surface area contributed by atoms with Gasteiger partial charge < -0.3 is 9.88 Å². The summed E-state index contributed by atoms with van der Waals surface area (Å²) in [7, 11) is 0. The Bertz CT molecular complexity index is 880. The van der Waals surface area contributed by atoms with Gasteiger partial charge in [-0.2, -0.15) is 0 Å². The maximum absolute atomic E-state index is 12.5. The van der Waals surface area contributed by atoms with Gasteiger partial charge in [0.15, 0.2) is 0 Å². The predicted molar refractivity (Wildman–Crippen MR) is 99.6 cm³/mol. The number of nitrogens with one attached hydrogen (secondary N) is 1. The van der Waals surface area contributed by atoms with Gasteiger partial charge in [-0.15, -0.1) is 0 Å². The van der Waals surface area contributed by atoms with Crippen molar-refractivity contribution in [1.82, 2.24) is 19.8 Å². The van der Waals surface area contributed by atoms with Crippen molar-refractivity contribution in [2.45, 2.75) is 39.2 Å². The molecule has 1 saturated carbocycles. The van der Waals surface area contributed by atoms with Crippen LogP contribution in [0.25, 0.3) is 11.0 Å². The number of aromatic nitrogens is 2. The van der Waals surface area contributed by atoms with Gasteiger partial charge in [0.05, 0.1) is 22.9 Å². The number of amides is 3. The minimum Gasteiger partial charge on any atom is -0.353 e. The molecular formula is C20H24N4O3. The molecule has 7 heteroatoms. The van der Waals surface area contributed by atoms with Crippen molar-refractivity contribution in [3.05, 3.63) is 30.1 Å². The molecule has 2 heterocycles. The molecule has 2 fully saturated rings. The molecule has 2 atom stereocenters. The van der Waals surface area contributed by atoms with E-state index in [-0.39, 0.29) is 36.1 Å². The molecule has 1 aliphatic carbocycles. The molecule has 27 heavy (non-hydrogen) atoms. The molecule has 4 rings (SSSR count). The van der Waals surface area contributed by atoms with Crippen LogP contribution in [0.4, 0.5) is 0 Å². The fourth-order valence-electron chi connectivity index (χ4n) is 4.37. The van der Waals surface area contributed by atoms with Crippen LogP contribution in [0.1, 0.15) is 31.5 Å². The van der Waals surface area contributed by atoms with Crippen molar-refractivity contribution >= 4 is 28.8 Å². The second-order valence-corrected chi connectivity index (χ2v) is 7.41. The number of imidazole rings is 1. The number of para-hydroxylation sites is 2. The average molecular weight is 368 g/mol. The summed E-state index contributed by atoms with van der Waals surface area (Å²) in [6, 6.07) is 7.87. The Hall–Kier alpha value is -2.70. The van der Waals surface area contributed by atoms with Crippen molar-refractivity contribution in [1.29, 1.82) is 0 Å². The molecule has 3 amide bonds. The summed E-state index contributed by atoms with van der Waals surface area (Å²) in [5, 5.41) is 2.83. The van der Waals surface area contributed by atoms with E-state index >= 15 is 0 Å². The Labute approximate surface area is 157 Å². The van der Waals surface area contributed by atoms with E-state index in [9.17, 15) is 14.4 Å². The van der Waals surface area contributed by atoms with Crippen LogP contribution in [0.3, 0.4) is 0 Å². The Kier molecular flexibility index (Phi) is 4.68. The molecule has 1 aliphatic heterocycles. The van der Waals surface area contributed by atoms with Crippen molar-refractivity contribution in [2.24, 2.45) is 11.8 Å². The zero-order chi connectivity index (χ0) is 19.0. The molecule has 1 saturated heterocycles. The van der Waals surface area contributed by atoms with Gasteiger partial charge >= 0.3 is 0 Å². The fourth-order valence-corrected chi connectivity index (χ4v) is 4.37. The third-order valence-electron chi connectivity index (χ3n) is 5.74. The van der Waals surface area contributed by atoms with Gasteiger partial charge in [-0.1, -0.05) is 25.0 Å². The first-order valence-corrected chi connectivity index (χ1v) is 9.60. The number of carbonyl (C=O) groups excluding carboxylic acids is 3. The number of carbonyl (C=O) groups is 3. The molecule has 1 aromatic carbocycles. The summed E-state index contributed by atoms with van der Waals surface area (Å²) in [5.74, 6) is -0.164. The number of rotatable bonds is 5. The summed E-state index contributed by atoms with van der Waals surface area (Å²) in [5.41, 5.74) is 1.95. The van der Waals surface area contributed by atoms with Crippen molar-refractivity contribution in [3.63, 3.8) is 0 Å². The van der Waals surface area contributed by atoms with E-state index in [0.717, 1.165) is 47.4 Å². The third kappa shape index (κ3) is 3.22. The monoisotopic (exact) mass is 368 g/mol. The Morgan fingerprint density at radius 3 is 2.52 bits per heavy atom. The number of hydrogen-bond donors (Lipinski definition) is 1. The average Bonchev–Trinajstić information content (AvgIpc) is 3.11. The molecule has 1 aromatic heterocycles. The lowest BCUT2D eigenvalue weighted by molar-refractivity contribution is -0.143. The van der Waals surface area contributed by atoms with E-state index in [1.807, 2.05) is 31.2 Å². The van der Waals surface area contributed by atoms with E-state index in [0.29, 0.717) is 13.1 Å². The maximum atomic E-state index is 12.5. The molecule has 7 nitrogen and oxygen atoms in total.